The van der Waals surface area contributed by atoms with Gasteiger partial charge in [-0.2, -0.15) is 0 Å². The lowest BCUT2D eigenvalue weighted by atomic mass is 10.1. The molecule has 1 aromatic rings. The summed E-state index contributed by atoms with van der Waals surface area (Å²) in [5.74, 6) is -1.62. The number of nitrogens with one attached hydrogen (secondary N) is 1. The van der Waals surface area contributed by atoms with Crippen LogP contribution in [0.25, 0.3) is 0 Å². The summed E-state index contributed by atoms with van der Waals surface area (Å²) in [6, 6.07) is 4.59. The van der Waals surface area contributed by atoms with E-state index in [1.165, 1.54) is 12.1 Å². The number of sulfone groups is 1. The number of hydrogen-bond acceptors (Lipinski definition) is 4. The third kappa shape index (κ3) is 4.31. The van der Waals surface area contributed by atoms with Gasteiger partial charge in [0.15, 0.2) is 9.84 Å². The SMILES string of the molecule is CC(C)N1C[C@H](C(=O)NCCS(=O)(=O)c2ccc(F)cc2)CC1=O. The summed E-state index contributed by atoms with van der Waals surface area (Å²) in [4.78, 5) is 25.5. The number of nitrogens with zero attached hydrogens (tertiary/aromatic N) is 1. The van der Waals surface area contributed by atoms with Crippen LogP contribution in [0.1, 0.15) is 20.3 Å². The average molecular weight is 356 g/mol. The molecule has 132 valence electrons. The van der Waals surface area contributed by atoms with E-state index in [4.69, 9.17) is 0 Å². The molecule has 0 aliphatic carbocycles. The highest BCUT2D eigenvalue weighted by molar-refractivity contribution is 7.91. The third-order valence-corrected chi connectivity index (χ3v) is 5.73. The van der Waals surface area contributed by atoms with E-state index in [2.05, 4.69) is 5.32 Å². The number of rotatable bonds is 6. The van der Waals surface area contributed by atoms with Crippen LogP contribution in [-0.4, -0.2) is 50.0 Å². The molecule has 0 aromatic heterocycles. The van der Waals surface area contributed by atoms with Gasteiger partial charge >= 0.3 is 0 Å². The number of benzene rings is 1. The second kappa shape index (κ2) is 7.29. The van der Waals surface area contributed by atoms with Crippen LogP contribution in [-0.2, 0) is 19.4 Å². The zero-order valence-corrected chi connectivity index (χ0v) is 14.5. The Labute approximate surface area is 140 Å². The predicted octanol–water partition coefficient (Wildman–Crippen LogP) is 0.972. The molecule has 1 aliphatic rings. The summed E-state index contributed by atoms with van der Waals surface area (Å²) in [5, 5.41) is 2.57. The maximum atomic E-state index is 12.8. The van der Waals surface area contributed by atoms with Crippen LogP contribution in [0.4, 0.5) is 4.39 Å². The first-order valence-electron chi connectivity index (χ1n) is 7.76. The van der Waals surface area contributed by atoms with Gasteiger partial charge in [0, 0.05) is 25.6 Å². The van der Waals surface area contributed by atoms with Crippen molar-refractivity contribution in [1.29, 1.82) is 0 Å². The molecule has 0 spiro atoms. The molecule has 1 atom stereocenters. The lowest BCUT2D eigenvalue weighted by Crippen LogP contribution is -2.37. The summed E-state index contributed by atoms with van der Waals surface area (Å²) in [6.07, 6.45) is 0.148. The molecule has 1 aliphatic heterocycles. The highest BCUT2D eigenvalue weighted by Crippen LogP contribution is 2.20. The summed E-state index contributed by atoms with van der Waals surface area (Å²) in [5.41, 5.74) is 0. The summed E-state index contributed by atoms with van der Waals surface area (Å²) in [7, 11) is -3.59. The maximum Gasteiger partial charge on any atom is 0.225 e. The molecular weight excluding hydrogens is 335 g/mol. The molecule has 8 heteroatoms. The van der Waals surface area contributed by atoms with Gasteiger partial charge in [-0.15, -0.1) is 0 Å². The van der Waals surface area contributed by atoms with E-state index in [0.717, 1.165) is 12.1 Å². The Kier molecular flexibility index (Phi) is 5.58. The Morgan fingerprint density at radius 3 is 2.50 bits per heavy atom. The van der Waals surface area contributed by atoms with Gasteiger partial charge in [-0.05, 0) is 38.1 Å². The van der Waals surface area contributed by atoms with Gasteiger partial charge in [0.05, 0.1) is 16.6 Å². The van der Waals surface area contributed by atoms with Crippen molar-refractivity contribution in [2.24, 2.45) is 5.92 Å². The topological polar surface area (TPSA) is 83.6 Å². The van der Waals surface area contributed by atoms with Gasteiger partial charge in [-0.3, -0.25) is 9.59 Å². The molecule has 6 nitrogen and oxygen atoms in total. The lowest BCUT2D eigenvalue weighted by Gasteiger charge is -2.20. The molecule has 1 fully saturated rings. The van der Waals surface area contributed by atoms with Crippen molar-refractivity contribution in [1.82, 2.24) is 10.2 Å². The van der Waals surface area contributed by atoms with Crippen molar-refractivity contribution >= 4 is 21.7 Å². The molecule has 0 saturated carbocycles. The number of halogens is 1. The minimum Gasteiger partial charge on any atom is -0.355 e. The van der Waals surface area contributed by atoms with Gasteiger partial charge in [0.25, 0.3) is 0 Å². The van der Waals surface area contributed by atoms with E-state index < -0.39 is 21.6 Å². The minimum absolute atomic E-state index is 0.0141. The second-order valence-electron chi connectivity index (χ2n) is 6.10. The smallest absolute Gasteiger partial charge is 0.225 e. The lowest BCUT2D eigenvalue weighted by molar-refractivity contribution is -0.129. The van der Waals surface area contributed by atoms with Crippen molar-refractivity contribution in [3.8, 4) is 0 Å². The Morgan fingerprint density at radius 2 is 1.96 bits per heavy atom. The number of carbonyl (C=O) groups is 2. The quantitative estimate of drug-likeness (QED) is 0.770. The van der Waals surface area contributed by atoms with Gasteiger partial charge in [0.2, 0.25) is 11.8 Å². The van der Waals surface area contributed by atoms with E-state index in [9.17, 15) is 22.4 Å². The average Bonchev–Trinajstić information content (AvgIpc) is 2.89. The third-order valence-electron chi connectivity index (χ3n) is 4.00. The van der Waals surface area contributed by atoms with Crippen molar-refractivity contribution in [3.63, 3.8) is 0 Å². The van der Waals surface area contributed by atoms with Crippen LogP contribution in [0, 0.1) is 11.7 Å². The molecule has 1 N–H and O–H groups in total. The normalized spacial score (nSPS) is 18.2. The fourth-order valence-electron chi connectivity index (χ4n) is 2.62. The van der Waals surface area contributed by atoms with Gasteiger partial charge in [0.1, 0.15) is 5.82 Å². The Balaban J connectivity index is 1.87. The zero-order valence-electron chi connectivity index (χ0n) is 13.7. The Hall–Kier alpha value is -1.96. The monoisotopic (exact) mass is 356 g/mol. The minimum atomic E-state index is -3.59. The van der Waals surface area contributed by atoms with E-state index in [1.807, 2.05) is 13.8 Å². The van der Waals surface area contributed by atoms with E-state index in [-0.39, 0.29) is 41.5 Å². The van der Waals surface area contributed by atoms with Gasteiger partial charge in [-0.25, -0.2) is 12.8 Å². The summed E-state index contributed by atoms with van der Waals surface area (Å²) >= 11 is 0. The van der Waals surface area contributed by atoms with E-state index in [0.29, 0.717) is 6.54 Å². The fraction of sp³-hybridized carbons (Fsp3) is 0.500. The van der Waals surface area contributed by atoms with Crippen LogP contribution in [0.5, 0.6) is 0 Å². The summed E-state index contributed by atoms with van der Waals surface area (Å²) < 4.78 is 37.0. The molecule has 2 rings (SSSR count). The van der Waals surface area contributed by atoms with Crippen molar-refractivity contribution in [2.45, 2.75) is 31.2 Å². The number of hydrogen-bond donors (Lipinski definition) is 1. The Morgan fingerprint density at radius 1 is 1.33 bits per heavy atom. The van der Waals surface area contributed by atoms with Crippen LogP contribution in [0.15, 0.2) is 29.2 Å². The fourth-order valence-corrected chi connectivity index (χ4v) is 3.78. The molecule has 0 unspecified atom stereocenters. The van der Waals surface area contributed by atoms with Crippen molar-refractivity contribution < 1.29 is 22.4 Å². The molecular formula is C16H21FN2O4S. The van der Waals surface area contributed by atoms with E-state index >= 15 is 0 Å². The number of carbonyl (C=O) groups excluding carboxylic acids is 2. The van der Waals surface area contributed by atoms with Crippen LogP contribution in [0.3, 0.4) is 0 Å². The maximum absolute atomic E-state index is 12.8. The second-order valence-corrected chi connectivity index (χ2v) is 8.21. The first kappa shape index (κ1) is 18.4. The number of amides is 2. The van der Waals surface area contributed by atoms with Gasteiger partial charge in [-0.1, -0.05) is 0 Å². The Bertz CT molecular complexity index is 716. The van der Waals surface area contributed by atoms with Gasteiger partial charge < -0.3 is 10.2 Å². The first-order valence-corrected chi connectivity index (χ1v) is 9.41. The predicted molar refractivity (Wildman–Crippen MR) is 86.4 cm³/mol. The molecule has 0 radical (unpaired) electrons. The highest BCUT2D eigenvalue weighted by Gasteiger charge is 2.35. The molecule has 0 bridgehead atoms. The molecule has 1 heterocycles. The summed E-state index contributed by atoms with van der Waals surface area (Å²) in [6.45, 7) is 4.07. The highest BCUT2D eigenvalue weighted by atomic mass is 32.2. The van der Waals surface area contributed by atoms with Crippen LogP contribution >= 0.6 is 0 Å². The molecule has 2 amide bonds. The molecule has 24 heavy (non-hydrogen) atoms. The molecule has 1 aromatic carbocycles. The zero-order chi connectivity index (χ0) is 17.9. The van der Waals surface area contributed by atoms with E-state index in [1.54, 1.807) is 4.90 Å². The standard InChI is InChI=1S/C16H21FN2O4S/c1-11(2)19-10-12(9-15(19)20)16(21)18-7-8-24(22,23)14-5-3-13(17)4-6-14/h3-6,11-12H,7-10H2,1-2H3,(H,18,21)/t12-/m1/s1. The van der Waals surface area contributed by atoms with Crippen LogP contribution < -0.4 is 5.32 Å². The van der Waals surface area contributed by atoms with Crippen molar-refractivity contribution in [3.05, 3.63) is 30.1 Å². The first-order chi connectivity index (χ1) is 11.2. The largest absolute Gasteiger partial charge is 0.355 e. The molecule has 1 saturated heterocycles. The van der Waals surface area contributed by atoms with Crippen molar-refractivity contribution in [2.75, 3.05) is 18.8 Å². The van der Waals surface area contributed by atoms with Crippen LogP contribution in [0.2, 0.25) is 0 Å². The number of likely N-dealkylation sites (tertiary alicyclic amines) is 1.